The van der Waals surface area contributed by atoms with Crippen molar-refractivity contribution in [2.24, 2.45) is 11.7 Å². The maximum Gasteiger partial charge on any atom is 0.224 e. The molecule has 0 aliphatic rings. The Bertz CT molecular complexity index is 398. The molecule has 1 aromatic carbocycles. The summed E-state index contributed by atoms with van der Waals surface area (Å²) in [5, 5.41) is 2.78. The van der Waals surface area contributed by atoms with Gasteiger partial charge in [-0.05, 0) is 19.1 Å². The SMILES string of the molecule is CC(COc1cccc(F)c1)NC(=O)C(C)CN. The third kappa shape index (κ3) is 4.71. The van der Waals surface area contributed by atoms with Crippen LogP contribution < -0.4 is 15.8 Å². The second-order valence-corrected chi connectivity index (χ2v) is 4.31. The first-order valence-corrected chi connectivity index (χ1v) is 5.91. The summed E-state index contributed by atoms with van der Waals surface area (Å²) in [5.41, 5.74) is 5.40. The van der Waals surface area contributed by atoms with Gasteiger partial charge in [0.15, 0.2) is 0 Å². The van der Waals surface area contributed by atoms with E-state index in [0.29, 0.717) is 12.3 Å². The van der Waals surface area contributed by atoms with Crippen LogP contribution in [0.25, 0.3) is 0 Å². The molecule has 5 heteroatoms. The van der Waals surface area contributed by atoms with Crippen LogP contribution >= 0.6 is 0 Å². The summed E-state index contributed by atoms with van der Waals surface area (Å²) in [4.78, 5) is 11.5. The van der Waals surface area contributed by atoms with Crippen LogP contribution in [0, 0.1) is 11.7 Å². The zero-order chi connectivity index (χ0) is 13.5. The van der Waals surface area contributed by atoms with Crippen LogP contribution in [0.15, 0.2) is 24.3 Å². The number of hydrogen-bond acceptors (Lipinski definition) is 3. The van der Waals surface area contributed by atoms with E-state index >= 15 is 0 Å². The van der Waals surface area contributed by atoms with Crippen molar-refractivity contribution in [3.63, 3.8) is 0 Å². The molecule has 0 bridgehead atoms. The maximum atomic E-state index is 12.9. The van der Waals surface area contributed by atoms with Crippen molar-refractivity contribution in [3.05, 3.63) is 30.1 Å². The first-order chi connectivity index (χ1) is 8.52. The predicted octanol–water partition coefficient (Wildman–Crippen LogP) is 1.30. The summed E-state index contributed by atoms with van der Waals surface area (Å²) in [6.45, 7) is 4.17. The average Bonchev–Trinajstić information content (AvgIpc) is 2.35. The van der Waals surface area contributed by atoms with E-state index in [9.17, 15) is 9.18 Å². The topological polar surface area (TPSA) is 64.3 Å². The van der Waals surface area contributed by atoms with Gasteiger partial charge in [-0.3, -0.25) is 4.79 Å². The fraction of sp³-hybridized carbons (Fsp3) is 0.462. The van der Waals surface area contributed by atoms with Crippen molar-refractivity contribution < 1.29 is 13.9 Å². The molecule has 0 spiro atoms. The molecule has 0 heterocycles. The van der Waals surface area contributed by atoms with E-state index in [1.165, 1.54) is 12.1 Å². The van der Waals surface area contributed by atoms with E-state index in [0.717, 1.165) is 0 Å². The number of rotatable bonds is 6. The molecule has 2 atom stereocenters. The summed E-state index contributed by atoms with van der Waals surface area (Å²) in [6, 6.07) is 5.73. The molecular weight excluding hydrogens is 235 g/mol. The van der Waals surface area contributed by atoms with Crippen molar-refractivity contribution >= 4 is 5.91 Å². The Morgan fingerprint density at radius 1 is 1.50 bits per heavy atom. The van der Waals surface area contributed by atoms with Gasteiger partial charge in [0.05, 0.1) is 6.04 Å². The Morgan fingerprint density at radius 3 is 2.83 bits per heavy atom. The Kier molecular flexibility index (Phi) is 5.58. The summed E-state index contributed by atoms with van der Waals surface area (Å²) >= 11 is 0. The largest absolute Gasteiger partial charge is 0.491 e. The number of ether oxygens (including phenoxy) is 1. The summed E-state index contributed by atoms with van der Waals surface area (Å²) < 4.78 is 18.3. The lowest BCUT2D eigenvalue weighted by molar-refractivity contribution is -0.125. The van der Waals surface area contributed by atoms with Crippen molar-refractivity contribution in [2.45, 2.75) is 19.9 Å². The van der Waals surface area contributed by atoms with Gasteiger partial charge in [-0.1, -0.05) is 13.0 Å². The third-order valence-corrected chi connectivity index (χ3v) is 2.49. The quantitative estimate of drug-likeness (QED) is 0.804. The monoisotopic (exact) mass is 254 g/mol. The van der Waals surface area contributed by atoms with Crippen LogP contribution in [-0.2, 0) is 4.79 Å². The number of carbonyl (C=O) groups excluding carboxylic acids is 1. The Balaban J connectivity index is 2.37. The Hall–Kier alpha value is -1.62. The number of hydrogen-bond donors (Lipinski definition) is 2. The van der Waals surface area contributed by atoms with Crippen LogP contribution in [0.4, 0.5) is 4.39 Å². The van der Waals surface area contributed by atoms with Gasteiger partial charge in [-0.2, -0.15) is 0 Å². The number of carbonyl (C=O) groups is 1. The molecular formula is C13H19FN2O2. The van der Waals surface area contributed by atoms with Crippen LogP contribution in [-0.4, -0.2) is 25.1 Å². The molecule has 0 saturated heterocycles. The first kappa shape index (κ1) is 14.4. The predicted molar refractivity (Wildman–Crippen MR) is 67.7 cm³/mol. The fourth-order valence-corrected chi connectivity index (χ4v) is 1.31. The molecule has 100 valence electrons. The highest BCUT2D eigenvalue weighted by Crippen LogP contribution is 2.12. The summed E-state index contributed by atoms with van der Waals surface area (Å²) in [7, 11) is 0. The fourth-order valence-electron chi connectivity index (χ4n) is 1.31. The molecule has 0 aliphatic heterocycles. The van der Waals surface area contributed by atoms with Gasteiger partial charge in [-0.25, -0.2) is 4.39 Å². The van der Waals surface area contributed by atoms with Gasteiger partial charge >= 0.3 is 0 Å². The minimum Gasteiger partial charge on any atom is -0.491 e. The van der Waals surface area contributed by atoms with E-state index < -0.39 is 0 Å². The van der Waals surface area contributed by atoms with E-state index in [1.807, 2.05) is 6.92 Å². The van der Waals surface area contributed by atoms with Gasteiger partial charge < -0.3 is 15.8 Å². The molecule has 1 aromatic rings. The molecule has 0 aromatic heterocycles. The summed E-state index contributed by atoms with van der Waals surface area (Å²) in [5.74, 6) is -0.224. The van der Waals surface area contributed by atoms with E-state index in [4.69, 9.17) is 10.5 Å². The van der Waals surface area contributed by atoms with Crippen molar-refractivity contribution in [1.82, 2.24) is 5.32 Å². The minimum atomic E-state index is -0.346. The maximum absolute atomic E-state index is 12.9. The minimum absolute atomic E-state index is 0.104. The van der Waals surface area contributed by atoms with Crippen LogP contribution in [0.5, 0.6) is 5.75 Å². The van der Waals surface area contributed by atoms with Crippen molar-refractivity contribution in [1.29, 1.82) is 0 Å². The molecule has 2 unspecified atom stereocenters. The average molecular weight is 254 g/mol. The molecule has 0 radical (unpaired) electrons. The molecule has 1 amide bonds. The van der Waals surface area contributed by atoms with Gasteiger partial charge in [0.25, 0.3) is 0 Å². The second-order valence-electron chi connectivity index (χ2n) is 4.31. The van der Waals surface area contributed by atoms with Gasteiger partial charge in [-0.15, -0.1) is 0 Å². The van der Waals surface area contributed by atoms with E-state index in [1.54, 1.807) is 19.1 Å². The van der Waals surface area contributed by atoms with Crippen LogP contribution in [0.1, 0.15) is 13.8 Å². The lowest BCUT2D eigenvalue weighted by Gasteiger charge is -2.17. The van der Waals surface area contributed by atoms with Gasteiger partial charge in [0.2, 0.25) is 5.91 Å². The second kappa shape index (κ2) is 6.96. The number of nitrogens with one attached hydrogen (secondary N) is 1. The molecule has 18 heavy (non-hydrogen) atoms. The number of halogens is 1. The highest BCUT2D eigenvalue weighted by Gasteiger charge is 2.13. The van der Waals surface area contributed by atoms with Crippen LogP contribution in [0.2, 0.25) is 0 Å². The number of nitrogens with two attached hydrogens (primary N) is 1. The van der Waals surface area contributed by atoms with Gasteiger partial charge in [0, 0.05) is 18.5 Å². The van der Waals surface area contributed by atoms with Crippen molar-refractivity contribution in [2.75, 3.05) is 13.2 Å². The highest BCUT2D eigenvalue weighted by molar-refractivity contribution is 5.78. The van der Waals surface area contributed by atoms with Crippen molar-refractivity contribution in [3.8, 4) is 5.75 Å². The van der Waals surface area contributed by atoms with E-state index in [-0.39, 0.29) is 30.3 Å². The first-order valence-electron chi connectivity index (χ1n) is 5.91. The van der Waals surface area contributed by atoms with Crippen LogP contribution in [0.3, 0.4) is 0 Å². The molecule has 0 saturated carbocycles. The third-order valence-electron chi connectivity index (χ3n) is 2.49. The lowest BCUT2D eigenvalue weighted by atomic mass is 10.1. The molecule has 3 N–H and O–H groups in total. The molecule has 4 nitrogen and oxygen atoms in total. The molecule has 0 fully saturated rings. The summed E-state index contributed by atoms with van der Waals surface area (Å²) in [6.07, 6.45) is 0. The normalized spacial score (nSPS) is 13.8. The van der Waals surface area contributed by atoms with E-state index in [2.05, 4.69) is 5.32 Å². The highest BCUT2D eigenvalue weighted by atomic mass is 19.1. The number of benzene rings is 1. The molecule has 1 rings (SSSR count). The zero-order valence-corrected chi connectivity index (χ0v) is 10.7. The smallest absolute Gasteiger partial charge is 0.224 e. The zero-order valence-electron chi connectivity index (χ0n) is 10.7. The lowest BCUT2D eigenvalue weighted by Crippen LogP contribution is -2.41. The molecule has 0 aliphatic carbocycles. The standard InChI is InChI=1S/C13H19FN2O2/c1-9(7-15)13(17)16-10(2)8-18-12-5-3-4-11(14)6-12/h3-6,9-10H,7-8,15H2,1-2H3,(H,16,17). The number of amides is 1. The Labute approximate surface area is 106 Å². The Morgan fingerprint density at radius 2 is 2.22 bits per heavy atom. The van der Waals surface area contributed by atoms with Gasteiger partial charge in [0.1, 0.15) is 18.2 Å².